The van der Waals surface area contributed by atoms with E-state index >= 15 is 0 Å². The topological polar surface area (TPSA) is 53.9 Å². The summed E-state index contributed by atoms with van der Waals surface area (Å²) in [5.41, 5.74) is 2.70. The first-order chi connectivity index (χ1) is 13.4. The molecule has 0 radical (unpaired) electrons. The Labute approximate surface area is 175 Å². The highest BCUT2D eigenvalue weighted by Crippen LogP contribution is 2.20. The highest BCUT2D eigenvalue weighted by atomic mass is 35.5. The van der Waals surface area contributed by atoms with Gasteiger partial charge in [-0.2, -0.15) is 0 Å². The third-order valence-corrected chi connectivity index (χ3v) is 5.60. The number of ketones is 1. The number of hydrogen-bond donors (Lipinski definition) is 2. The predicted molar refractivity (Wildman–Crippen MR) is 113 cm³/mol. The Morgan fingerprint density at radius 1 is 1.07 bits per heavy atom. The maximum Gasteiger partial charge on any atom is 0.275 e. The fourth-order valence-electron chi connectivity index (χ4n) is 3.31. The number of nitrogens with one attached hydrogen (secondary N) is 2. The summed E-state index contributed by atoms with van der Waals surface area (Å²) in [7, 11) is 0. The second-order valence-electron chi connectivity index (χ2n) is 7.03. The van der Waals surface area contributed by atoms with Gasteiger partial charge in [0.15, 0.2) is 12.3 Å². The Kier molecular flexibility index (Phi) is 6.94. The van der Waals surface area contributed by atoms with Crippen LogP contribution in [0.1, 0.15) is 22.8 Å². The number of quaternary nitrogens is 1. The smallest absolute Gasteiger partial charge is 0.275 e. The Morgan fingerprint density at radius 3 is 2.36 bits per heavy atom. The van der Waals surface area contributed by atoms with Gasteiger partial charge in [-0.05, 0) is 48.9 Å². The molecule has 0 atom stereocenters. The van der Waals surface area contributed by atoms with Crippen molar-refractivity contribution in [1.29, 1.82) is 0 Å². The molecule has 5 nitrogen and oxygen atoms in total. The fraction of sp³-hybridized carbons (Fsp3) is 0.333. The van der Waals surface area contributed by atoms with E-state index in [0.717, 1.165) is 43.0 Å². The molecule has 1 fully saturated rings. The Bertz CT molecular complexity index is 847. The van der Waals surface area contributed by atoms with Crippen LogP contribution in [-0.4, -0.2) is 44.4 Å². The third kappa shape index (κ3) is 5.47. The van der Waals surface area contributed by atoms with Gasteiger partial charge < -0.3 is 15.1 Å². The summed E-state index contributed by atoms with van der Waals surface area (Å²) in [5.74, 6) is 0.0898. The molecule has 0 saturated carbocycles. The number of carbonyl (C=O) groups excluding carboxylic acids is 2. The minimum atomic E-state index is 0.0141. The van der Waals surface area contributed by atoms with Crippen LogP contribution in [0.2, 0.25) is 10.0 Å². The number of rotatable bonds is 6. The molecule has 1 aliphatic heterocycles. The second-order valence-corrected chi connectivity index (χ2v) is 7.87. The normalized spacial score (nSPS) is 14.8. The summed E-state index contributed by atoms with van der Waals surface area (Å²) in [6, 6.07) is 13.0. The van der Waals surface area contributed by atoms with Crippen LogP contribution >= 0.6 is 23.2 Å². The van der Waals surface area contributed by atoms with Crippen LogP contribution in [-0.2, 0) is 11.3 Å². The molecule has 0 aromatic heterocycles. The van der Waals surface area contributed by atoms with E-state index in [-0.39, 0.29) is 11.7 Å². The van der Waals surface area contributed by atoms with E-state index in [0.29, 0.717) is 23.1 Å². The monoisotopic (exact) mass is 420 g/mol. The van der Waals surface area contributed by atoms with Gasteiger partial charge in [-0.25, -0.2) is 0 Å². The van der Waals surface area contributed by atoms with E-state index in [2.05, 4.69) is 10.2 Å². The molecule has 0 spiro atoms. The van der Waals surface area contributed by atoms with Crippen molar-refractivity contribution in [1.82, 2.24) is 5.32 Å². The highest BCUT2D eigenvalue weighted by molar-refractivity contribution is 6.35. The number of carbonyl (C=O) groups is 2. The standard InChI is InChI=1S/C21H23Cl2N3O2/c1-15(27)16-3-6-19(7-4-16)26-10-8-25(9-11-26)14-21(28)24-13-17-2-5-18(22)12-20(17)23/h2-7,12H,8-11,13-14H2,1H3,(H,24,28)/p+1. The van der Waals surface area contributed by atoms with Gasteiger partial charge in [-0.3, -0.25) is 9.59 Å². The molecule has 1 amide bonds. The van der Waals surface area contributed by atoms with Crippen LogP contribution in [0.15, 0.2) is 42.5 Å². The number of halogens is 2. The molecule has 2 aromatic rings. The van der Waals surface area contributed by atoms with Crippen LogP contribution in [0, 0.1) is 0 Å². The number of nitrogens with zero attached hydrogens (tertiary/aromatic N) is 1. The lowest BCUT2D eigenvalue weighted by Gasteiger charge is -2.33. The summed E-state index contributed by atoms with van der Waals surface area (Å²) < 4.78 is 0. The number of hydrogen-bond acceptors (Lipinski definition) is 3. The summed E-state index contributed by atoms with van der Waals surface area (Å²) in [5, 5.41) is 4.07. The number of anilines is 1. The molecule has 1 aliphatic rings. The highest BCUT2D eigenvalue weighted by Gasteiger charge is 2.22. The molecule has 1 saturated heterocycles. The Balaban J connectivity index is 1.44. The van der Waals surface area contributed by atoms with Crippen molar-refractivity contribution < 1.29 is 14.5 Å². The van der Waals surface area contributed by atoms with Gasteiger partial charge in [-0.15, -0.1) is 0 Å². The number of Topliss-reactive ketones (excluding diaryl/α,β-unsaturated/α-hetero) is 1. The third-order valence-electron chi connectivity index (χ3n) is 5.01. The van der Waals surface area contributed by atoms with Gasteiger partial charge in [0.1, 0.15) is 0 Å². The van der Waals surface area contributed by atoms with Gasteiger partial charge in [0.2, 0.25) is 0 Å². The van der Waals surface area contributed by atoms with Gasteiger partial charge in [0.25, 0.3) is 5.91 Å². The maximum absolute atomic E-state index is 12.3. The molecule has 3 rings (SSSR count). The van der Waals surface area contributed by atoms with Crippen molar-refractivity contribution in [3.05, 3.63) is 63.6 Å². The van der Waals surface area contributed by atoms with Crippen molar-refractivity contribution in [3.63, 3.8) is 0 Å². The zero-order valence-corrected chi connectivity index (χ0v) is 17.3. The van der Waals surface area contributed by atoms with Crippen molar-refractivity contribution in [3.8, 4) is 0 Å². The lowest BCUT2D eigenvalue weighted by atomic mass is 10.1. The average molecular weight is 421 g/mol. The molecule has 2 N–H and O–H groups in total. The predicted octanol–water partition coefficient (Wildman–Crippen LogP) is 2.22. The molecule has 2 aromatic carbocycles. The average Bonchev–Trinajstić information content (AvgIpc) is 2.68. The molecule has 7 heteroatoms. The number of amides is 1. The van der Waals surface area contributed by atoms with Crippen molar-refractivity contribution in [2.45, 2.75) is 13.5 Å². The lowest BCUT2D eigenvalue weighted by Crippen LogP contribution is -3.15. The first kappa shape index (κ1) is 20.6. The van der Waals surface area contributed by atoms with Crippen LogP contribution < -0.4 is 15.1 Å². The van der Waals surface area contributed by atoms with E-state index in [1.54, 1.807) is 19.1 Å². The van der Waals surface area contributed by atoms with Crippen LogP contribution in [0.5, 0.6) is 0 Å². The van der Waals surface area contributed by atoms with Gasteiger partial charge in [0.05, 0.1) is 26.2 Å². The summed E-state index contributed by atoms with van der Waals surface area (Å²) in [6.45, 7) is 5.96. The SMILES string of the molecule is CC(=O)c1ccc(N2CC[NH+](CC(=O)NCc3ccc(Cl)cc3Cl)CC2)cc1. The zero-order chi connectivity index (χ0) is 20.1. The first-order valence-corrected chi connectivity index (χ1v) is 10.1. The van der Waals surface area contributed by atoms with E-state index in [4.69, 9.17) is 23.2 Å². The molecular formula is C21H24Cl2N3O2+. The Hall–Kier alpha value is -2.08. The molecule has 148 valence electrons. The van der Waals surface area contributed by atoms with Crippen molar-refractivity contribution >= 4 is 40.6 Å². The minimum Gasteiger partial charge on any atom is -0.360 e. The minimum absolute atomic E-state index is 0.0141. The maximum atomic E-state index is 12.3. The Morgan fingerprint density at radius 2 is 1.75 bits per heavy atom. The fourth-order valence-corrected chi connectivity index (χ4v) is 3.79. The van der Waals surface area contributed by atoms with Crippen LogP contribution in [0.25, 0.3) is 0 Å². The summed E-state index contributed by atoms with van der Waals surface area (Å²) >= 11 is 12.0. The van der Waals surface area contributed by atoms with Gasteiger partial charge in [-0.1, -0.05) is 29.3 Å². The molecular weight excluding hydrogens is 397 g/mol. The van der Waals surface area contributed by atoms with Gasteiger partial charge >= 0.3 is 0 Å². The lowest BCUT2D eigenvalue weighted by molar-refractivity contribution is -0.892. The summed E-state index contributed by atoms with van der Waals surface area (Å²) in [4.78, 5) is 27.2. The summed E-state index contributed by atoms with van der Waals surface area (Å²) in [6.07, 6.45) is 0. The molecule has 0 unspecified atom stereocenters. The van der Waals surface area contributed by atoms with Crippen molar-refractivity contribution in [2.24, 2.45) is 0 Å². The second kappa shape index (κ2) is 9.41. The number of piperazine rings is 1. The first-order valence-electron chi connectivity index (χ1n) is 9.32. The van der Waals surface area contributed by atoms with Crippen LogP contribution in [0.4, 0.5) is 5.69 Å². The van der Waals surface area contributed by atoms with E-state index in [1.165, 1.54) is 4.90 Å². The molecule has 1 heterocycles. The molecule has 28 heavy (non-hydrogen) atoms. The largest absolute Gasteiger partial charge is 0.360 e. The van der Waals surface area contributed by atoms with Gasteiger partial charge in [0, 0.05) is 27.8 Å². The van der Waals surface area contributed by atoms with E-state index in [1.807, 2.05) is 30.3 Å². The molecule has 0 bridgehead atoms. The molecule has 0 aliphatic carbocycles. The number of benzene rings is 2. The quantitative estimate of drug-likeness (QED) is 0.704. The van der Waals surface area contributed by atoms with E-state index < -0.39 is 0 Å². The van der Waals surface area contributed by atoms with E-state index in [9.17, 15) is 9.59 Å². The van der Waals surface area contributed by atoms with Crippen molar-refractivity contribution in [2.75, 3.05) is 37.6 Å². The van der Waals surface area contributed by atoms with Crippen LogP contribution in [0.3, 0.4) is 0 Å². The zero-order valence-electron chi connectivity index (χ0n) is 15.8.